The Kier molecular flexibility index (Phi) is 6.41. The van der Waals surface area contributed by atoms with E-state index in [2.05, 4.69) is 33.0 Å². The molecule has 0 aromatic carbocycles. The first-order chi connectivity index (χ1) is 7.65. The molecule has 0 aromatic rings. The largest absolute Gasteiger partial charge is 0.316 e. The lowest BCUT2D eigenvalue weighted by Gasteiger charge is -2.34. The zero-order chi connectivity index (χ0) is 12.0. The van der Waals surface area contributed by atoms with Crippen LogP contribution in [0.25, 0.3) is 0 Å². The number of hydrogen-bond donors (Lipinski definition) is 1. The molecule has 1 fully saturated rings. The van der Waals surface area contributed by atoms with Crippen molar-refractivity contribution >= 4 is 0 Å². The fourth-order valence-corrected chi connectivity index (χ4v) is 2.97. The second-order valence-corrected chi connectivity index (χ2v) is 6.06. The van der Waals surface area contributed by atoms with Gasteiger partial charge in [0, 0.05) is 0 Å². The van der Waals surface area contributed by atoms with Gasteiger partial charge in [-0.2, -0.15) is 0 Å². The summed E-state index contributed by atoms with van der Waals surface area (Å²) in [6.45, 7) is 11.9. The minimum Gasteiger partial charge on any atom is -0.316 e. The molecule has 96 valence electrons. The van der Waals surface area contributed by atoms with E-state index in [1.807, 2.05) is 0 Å². The molecular weight excluding hydrogens is 194 g/mol. The Hall–Kier alpha value is -0.0400. The highest BCUT2D eigenvalue weighted by Crippen LogP contribution is 2.35. The Morgan fingerprint density at radius 1 is 1.12 bits per heavy atom. The summed E-state index contributed by atoms with van der Waals surface area (Å²) in [5, 5.41) is 3.56. The van der Waals surface area contributed by atoms with Crippen molar-refractivity contribution in [2.45, 2.75) is 59.8 Å². The quantitative estimate of drug-likeness (QED) is 0.672. The lowest BCUT2D eigenvalue weighted by Crippen LogP contribution is -2.30. The topological polar surface area (TPSA) is 12.0 Å². The second-order valence-electron chi connectivity index (χ2n) is 6.06. The average Bonchev–Trinajstić information content (AvgIpc) is 2.29. The molecule has 16 heavy (non-hydrogen) atoms. The zero-order valence-electron chi connectivity index (χ0n) is 11.8. The van der Waals surface area contributed by atoms with Crippen LogP contribution in [0.4, 0.5) is 0 Å². The van der Waals surface area contributed by atoms with Crippen molar-refractivity contribution in [3.05, 3.63) is 0 Å². The van der Waals surface area contributed by atoms with Crippen LogP contribution in [-0.2, 0) is 0 Å². The van der Waals surface area contributed by atoms with E-state index >= 15 is 0 Å². The zero-order valence-corrected chi connectivity index (χ0v) is 11.8. The third-order valence-electron chi connectivity index (χ3n) is 4.59. The predicted octanol–water partition coefficient (Wildman–Crippen LogP) is 4.08. The molecule has 2 unspecified atom stereocenters. The lowest BCUT2D eigenvalue weighted by atomic mass is 9.73. The smallest absolute Gasteiger partial charge is 0.00205 e. The van der Waals surface area contributed by atoms with Crippen LogP contribution in [0.5, 0.6) is 0 Å². The van der Waals surface area contributed by atoms with Gasteiger partial charge < -0.3 is 5.32 Å². The van der Waals surface area contributed by atoms with Gasteiger partial charge in [-0.1, -0.05) is 40.5 Å². The van der Waals surface area contributed by atoms with Crippen LogP contribution in [0.1, 0.15) is 59.8 Å². The van der Waals surface area contributed by atoms with Crippen molar-refractivity contribution in [3.63, 3.8) is 0 Å². The van der Waals surface area contributed by atoms with E-state index in [4.69, 9.17) is 0 Å². The highest BCUT2D eigenvalue weighted by molar-refractivity contribution is 4.77. The molecule has 0 bridgehead atoms. The average molecular weight is 225 g/mol. The molecule has 1 saturated carbocycles. The van der Waals surface area contributed by atoms with Crippen LogP contribution in [-0.4, -0.2) is 13.1 Å². The van der Waals surface area contributed by atoms with Gasteiger partial charge in [0.25, 0.3) is 0 Å². The molecule has 1 aliphatic rings. The molecule has 0 aliphatic heterocycles. The van der Waals surface area contributed by atoms with Gasteiger partial charge in [0.2, 0.25) is 0 Å². The SMILES string of the molecule is CCCNCC(C)C(C)C1CCC(C)CC1. The molecule has 1 N–H and O–H groups in total. The lowest BCUT2D eigenvalue weighted by molar-refractivity contribution is 0.176. The Labute approximate surface area is 102 Å². The van der Waals surface area contributed by atoms with Crippen LogP contribution in [0.3, 0.4) is 0 Å². The molecule has 0 saturated heterocycles. The Balaban J connectivity index is 2.24. The molecule has 1 nitrogen and oxygen atoms in total. The first-order valence-electron chi connectivity index (χ1n) is 7.35. The summed E-state index contributed by atoms with van der Waals surface area (Å²) in [5.41, 5.74) is 0. The van der Waals surface area contributed by atoms with Crippen LogP contribution in [0.2, 0.25) is 0 Å². The van der Waals surface area contributed by atoms with Gasteiger partial charge in [-0.3, -0.25) is 0 Å². The van der Waals surface area contributed by atoms with Crippen LogP contribution >= 0.6 is 0 Å². The van der Waals surface area contributed by atoms with E-state index in [0.29, 0.717) is 0 Å². The summed E-state index contributed by atoms with van der Waals surface area (Å²) in [7, 11) is 0. The Bertz CT molecular complexity index is 170. The maximum absolute atomic E-state index is 3.56. The fourth-order valence-electron chi connectivity index (χ4n) is 2.97. The van der Waals surface area contributed by atoms with Crippen LogP contribution in [0, 0.1) is 23.7 Å². The summed E-state index contributed by atoms with van der Waals surface area (Å²) in [6.07, 6.45) is 7.12. The highest BCUT2D eigenvalue weighted by atomic mass is 14.8. The van der Waals surface area contributed by atoms with E-state index < -0.39 is 0 Å². The molecule has 1 heteroatoms. The van der Waals surface area contributed by atoms with Gasteiger partial charge in [-0.05, 0) is 56.0 Å². The molecular formula is C15H31N. The van der Waals surface area contributed by atoms with E-state index in [1.165, 1.54) is 45.2 Å². The monoisotopic (exact) mass is 225 g/mol. The van der Waals surface area contributed by atoms with Gasteiger partial charge in [-0.15, -0.1) is 0 Å². The molecule has 0 aromatic heterocycles. The van der Waals surface area contributed by atoms with Gasteiger partial charge in [0.1, 0.15) is 0 Å². The number of nitrogens with one attached hydrogen (secondary N) is 1. The number of hydrogen-bond acceptors (Lipinski definition) is 1. The fraction of sp³-hybridized carbons (Fsp3) is 1.00. The van der Waals surface area contributed by atoms with Crippen LogP contribution < -0.4 is 5.32 Å². The molecule has 1 aliphatic carbocycles. The van der Waals surface area contributed by atoms with Gasteiger partial charge in [0.05, 0.1) is 0 Å². The van der Waals surface area contributed by atoms with Crippen molar-refractivity contribution in [1.29, 1.82) is 0 Å². The maximum atomic E-state index is 3.56. The standard InChI is InChI=1S/C15H31N/c1-5-10-16-11-13(3)14(4)15-8-6-12(2)7-9-15/h12-16H,5-11H2,1-4H3. The second kappa shape index (κ2) is 7.32. The van der Waals surface area contributed by atoms with E-state index in [1.54, 1.807) is 0 Å². The highest BCUT2D eigenvalue weighted by Gasteiger charge is 2.26. The van der Waals surface area contributed by atoms with Crippen molar-refractivity contribution in [1.82, 2.24) is 5.32 Å². The molecule has 2 atom stereocenters. The van der Waals surface area contributed by atoms with Crippen molar-refractivity contribution in [2.75, 3.05) is 13.1 Å². The third-order valence-corrected chi connectivity index (χ3v) is 4.59. The maximum Gasteiger partial charge on any atom is -0.00205 e. The summed E-state index contributed by atoms with van der Waals surface area (Å²) >= 11 is 0. The Morgan fingerprint density at radius 2 is 1.75 bits per heavy atom. The van der Waals surface area contributed by atoms with E-state index in [0.717, 1.165) is 23.7 Å². The van der Waals surface area contributed by atoms with E-state index in [9.17, 15) is 0 Å². The summed E-state index contributed by atoms with van der Waals surface area (Å²) in [6, 6.07) is 0. The minimum absolute atomic E-state index is 0.838. The van der Waals surface area contributed by atoms with Crippen LogP contribution in [0.15, 0.2) is 0 Å². The normalized spacial score (nSPS) is 30.0. The molecule has 0 heterocycles. The van der Waals surface area contributed by atoms with Gasteiger partial charge in [0.15, 0.2) is 0 Å². The summed E-state index contributed by atoms with van der Waals surface area (Å²) in [4.78, 5) is 0. The predicted molar refractivity (Wildman–Crippen MR) is 72.6 cm³/mol. The molecule has 0 amide bonds. The van der Waals surface area contributed by atoms with Gasteiger partial charge in [-0.25, -0.2) is 0 Å². The Morgan fingerprint density at radius 3 is 2.31 bits per heavy atom. The number of rotatable bonds is 6. The first kappa shape index (κ1) is 14.0. The molecule has 0 radical (unpaired) electrons. The molecule has 0 spiro atoms. The van der Waals surface area contributed by atoms with Crippen molar-refractivity contribution in [3.8, 4) is 0 Å². The van der Waals surface area contributed by atoms with Gasteiger partial charge >= 0.3 is 0 Å². The molecule has 1 rings (SSSR count). The van der Waals surface area contributed by atoms with E-state index in [-0.39, 0.29) is 0 Å². The van der Waals surface area contributed by atoms with Crippen molar-refractivity contribution < 1.29 is 0 Å². The summed E-state index contributed by atoms with van der Waals surface area (Å²) in [5.74, 6) is 3.72. The third kappa shape index (κ3) is 4.45. The summed E-state index contributed by atoms with van der Waals surface area (Å²) < 4.78 is 0. The first-order valence-corrected chi connectivity index (χ1v) is 7.35. The minimum atomic E-state index is 0.838. The van der Waals surface area contributed by atoms with Crippen molar-refractivity contribution in [2.24, 2.45) is 23.7 Å².